The molecule has 7 heterocycles. The molecule has 0 aliphatic carbocycles. The maximum atomic E-state index is 12.8. The normalized spacial score (nSPS) is 12.0. The van der Waals surface area contributed by atoms with Crippen molar-refractivity contribution in [2.24, 2.45) is 0 Å². The van der Waals surface area contributed by atoms with Crippen LogP contribution in [0.25, 0.3) is 0 Å². The fourth-order valence-electron chi connectivity index (χ4n) is 5.65. The molecule has 7 aromatic heterocycles. The Morgan fingerprint density at radius 3 is 1.03 bits per heavy atom. The highest BCUT2D eigenvalue weighted by Crippen LogP contribution is 2.31. The molecule has 0 saturated heterocycles. The van der Waals surface area contributed by atoms with Gasteiger partial charge >= 0.3 is 11.9 Å². The number of carbonyl (C=O) groups is 3. The molecular weight excluding hydrogens is 1440 g/mol. The number of carbonyl (C=O) groups excluding carboxylic acids is 2. The number of ketones is 1. The monoisotopic (exact) mass is 1490 g/mol. The number of carboxylic acids is 1. The molecule has 0 amide bonds. The molecule has 7 aromatic rings. The van der Waals surface area contributed by atoms with E-state index in [1.54, 1.807) is 25.1 Å². The number of aliphatic carboxylic acids is 1. The summed E-state index contributed by atoms with van der Waals surface area (Å²) >= 11 is 33.1. The van der Waals surface area contributed by atoms with E-state index >= 15 is 0 Å². The Hall–Kier alpha value is -5.41. The van der Waals surface area contributed by atoms with Crippen LogP contribution in [-0.2, 0) is 78.6 Å². The van der Waals surface area contributed by atoms with Gasteiger partial charge in [0.25, 0.3) is 18.1 Å². The number of nitrogens with two attached hydrogens (primary N) is 1. The number of aromatic nitrogens is 7. The number of halogens is 8. The fraction of sp³-hybridized carbons (Fsp3) is 0.308. The predicted octanol–water partition coefficient (Wildman–Crippen LogP) is 11.2. The largest absolute Gasteiger partial charge is 0.480 e. The minimum atomic E-state index is -3.98. The number of Topliss-reactive ketones (excluding diaryl/α,β-unsaturated/α-hetero) is 1. The van der Waals surface area contributed by atoms with Crippen LogP contribution in [0.15, 0.2) is 145 Å². The number of sulfone groups is 3. The maximum absolute atomic E-state index is 12.8. The van der Waals surface area contributed by atoms with Crippen LogP contribution < -0.4 is 5.73 Å². The van der Waals surface area contributed by atoms with Crippen molar-refractivity contribution in [2.45, 2.75) is 120 Å². The lowest BCUT2D eigenvalue weighted by molar-refractivity contribution is -0.145. The quantitative estimate of drug-likeness (QED) is 0.0580. The molecule has 0 fully saturated rings. The van der Waals surface area contributed by atoms with Crippen molar-refractivity contribution in [1.29, 1.82) is 0 Å². The lowest BCUT2D eigenvalue weighted by atomic mass is 9.92. The molecule has 0 bridgehead atoms. The molecule has 0 radical (unpaired) electrons. The minimum Gasteiger partial charge on any atom is -0.480 e. The zero-order valence-electron chi connectivity index (χ0n) is 48.2. The average molecular weight is 1490 g/mol. The summed E-state index contributed by atoms with van der Waals surface area (Å²) in [6, 6.07) is 18.2. The second kappa shape index (κ2) is 32.7. The van der Waals surface area contributed by atoms with Crippen molar-refractivity contribution in [3.05, 3.63) is 158 Å². The van der Waals surface area contributed by atoms with E-state index in [1.165, 1.54) is 94.6 Å². The van der Waals surface area contributed by atoms with E-state index in [0.717, 1.165) is 44.8 Å². The van der Waals surface area contributed by atoms with E-state index in [-0.39, 0.29) is 68.7 Å². The van der Waals surface area contributed by atoms with Gasteiger partial charge in [-0.2, -0.15) is 0 Å². The number of hydrogen-bond acceptors (Lipinski definition) is 23. The van der Waals surface area contributed by atoms with Crippen LogP contribution in [0.2, 0.25) is 30.9 Å². The number of rotatable bonds is 14. The fourth-order valence-corrected chi connectivity index (χ4v) is 11.7. The van der Waals surface area contributed by atoms with Crippen LogP contribution in [0.3, 0.4) is 0 Å². The summed E-state index contributed by atoms with van der Waals surface area (Å²) in [5, 5.41) is 14.2. The van der Waals surface area contributed by atoms with Crippen LogP contribution in [0.5, 0.6) is 0 Å². The summed E-state index contributed by atoms with van der Waals surface area (Å²) in [5.41, 5.74) is 6.10. The van der Waals surface area contributed by atoms with E-state index in [1.807, 2.05) is 20.8 Å². The number of anilines is 1. The third-order valence-electron chi connectivity index (χ3n) is 11.4. The molecule has 7 rings (SSSR count). The van der Waals surface area contributed by atoms with Gasteiger partial charge in [-0.25, -0.2) is 72.0 Å². The highest BCUT2D eigenvalue weighted by Gasteiger charge is 2.46. The molecule has 89 heavy (non-hydrogen) atoms. The zero-order chi connectivity index (χ0) is 68.5. The van der Waals surface area contributed by atoms with Crippen molar-refractivity contribution < 1.29 is 70.8 Å². The van der Waals surface area contributed by atoms with Crippen LogP contribution in [0, 0.1) is 0 Å². The summed E-state index contributed by atoms with van der Waals surface area (Å²) in [6.45, 7) is 15.2. The Labute approximate surface area is 553 Å². The minimum absolute atomic E-state index is 0.0502. The molecule has 0 aliphatic rings. The molecule has 0 spiro atoms. The van der Waals surface area contributed by atoms with Gasteiger partial charge in [0.1, 0.15) is 51.2 Å². The average Bonchev–Trinajstić information content (AvgIpc) is 3.17. The molecule has 0 unspecified atom stereocenters. The number of pyridine rings is 6. The van der Waals surface area contributed by atoms with Gasteiger partial charge in [0.2, 0.25) is 0 Å². The van der Waals surface area contributed by atoms with E-state index < -0.39 is 79.6 Å². The van der Waals surface area contributed by atoms with Gasteiger partial charge < -0.3 is 20.1 Å². The van der Waals surface area contributed by atoms with Gasteiger partial charge in [0.15, 0.2) is 44.8 Å². The standard InChI is InChI=1S/C17H21ClN2O4S.C11H14ClNO4S.C9H10ClNO4S.2C5H3Cl2NO2S.C5H5ClN2/c1-16(2,3)14-9-11(20-24-14)8-13(21)17(4,5)25(22,23)12-6-7-15(18)19-10-12;1-4-17-10(14)11(2,3)18(15,16)8-5-6-9(12)13-7-8;1-9(2,8(12)13)16(14,15)6-3-4-7(10)11-5-6;2*6-5-2-1-4(3-8-5)11(7,9)10;6-5-2-1-4(7)3-8-5/h6-7,9-10H,8H2,1-5H3;5-7H,4H2,1-3H3;3-5H,1-2H3,(H,12,13);2*1-3H;1-3H,7H2. The Morgan fingerprint density at radius 2 is 0.787 bits per heavy atom. The molecular formula is C52H56Cl8N8O16S5. The predicted molar refractivity (Wildman–Crippen MR) is 338 cm³/mol. The first kappa shape index (κ1) is 79.7. The second-order valence-electron chi connectivity index (χ2n) is 20.0. The molecule has 37 heteroatoms. The van der Waals surface area contributed by atoms with Crippen molar-refractivity contribution in [2.75, 3.05) is 12.3 Å². The number of ether oxygens (including phenoxy) is 1. The molecule has 24 nitrogen and oxygen atoms in total. The van der Waals surface area contributed by atoms with Gasteiger partial charge in [0, 0.05) is 63.8 Å². The molecule has 0 saturated carbocycles. The van der Waals surface area contributed by atoms with Crippen LogP contribution in [0.4, 0.5) is 5.69 Å². The van der Waals surface area contributed by atoms with E-state index in [0.29, 0.717) is 22.3 Å². The van der Waals surface area contributed by atoms with Crippen molar-refractivity contribution in [1.82, 2.24) is 35.1 Å². The topological polar surface area (TPSA) is 381 Å². The number of nitrogen functional groups attached to an aromatic ring is 1. The summed E-state index contributed by atoms with van der Waals surface area (Å²) in [6.07, 6.45) is 6.91. The highest BCUT2D eigenvalue weighted by atomic mass is 35.7. The number of nitrogens with zero attached hydrogens (tertiary/aromatic N) is 7. The number of carboxylic acid groups (broad SMARTS) is 1. The van der Waals surface area contributed by atoms with Crippen LogP contribution in [0.1, 0.15) is 80.7 Å². The number of esters is 1. The number of hydrogen-bond donors (Lipinski definition) is 2. The van der Waals surface area contributed by atoms with E-state index in [9.17, 15) is 56.5 Å². The second-order valence-corrected chi connectivity index (χ2v) is 34.9. The van der Waals surface area contributed by atoms with Crippen LogP contribution in [-0.4, -0.2) is 121 Å². The third-order valence-corrected chi connectivity index (χ3v) is 22.6. The summed E-state index contributed by atoms with van der Waals surface area (Å²) in [4.78, 5) is 56.8. The van der Waals surface area contributed by atoms with Gasteiger partial charge in [0.05, 0.1) is 45.3 Å². The zero-order valence-corrected chi connectivity index (χ0v) is 58.4. The van der Waals surface area contributed by atoms with Gasteiger partial charge in [-0.1, -0.05) is 95.5 Å². The molecule has 0 atom stereocenters. The highest BCUT2D eigenvalue weighted by molar-refractivity contribution is 8.14. The van der Waals surface area contributed by atoms with Crippen molar-refractivity contribution in [3.8, 4) is 0 Å². The van der Waals surface area contributed by atoms with Crippen molar-refractivity contribution >= 4 is 162 Å². The van der Waals surface area contributed by atoms with Gasteiger partial charge in [-0.3, -0.25) is 14.4 Å². The SMILES string of the molecule is CC(C)(C(=O)O)S(=O)(=O)c1ccc(Cl)nc1.CC(C)(C)c1cc(CC(=O)C(C)(C)S(=O)(=O)c2ccc(Cl)nc2)no1.CCOC(=O)C(C)(C)S(=O)(=O)c1ccc(Cl)nc1.Nc1ccc(Cl)nc1.O=S(=O)(Cl)c1ccc(Cl)nc1.O=S(=O)(Cl)c1ccc(Cl)nc1. The van der Waals surface area contributed by atoms with Crippen LogP contribution >= 0.6 is 91.0 Å². The molecule has 486 valence electrons. The Balaban J connectivity index is 0.000000378. The maximum Gasteiger partial charge on any atom is 0.327 e. The van der Waals surface area contributed by atoms with E-state index in [4.69, 9.17) is 111 Å². The van der Waals surface area contributed by atoms with Gasteiger partial charge in [-0.15, -0.1) is 0 Å². The first-order valence-electron chi connectivity index (χ1n) is 24.5. The van der Waals surface area contributed by atoms with Crippen molar-refractivity contribution in [3.63, 3.8) is 0 Å². The Kier molecular flexibility index (Phi) is 29.3. The lowest BCUT2D eigenvalue weighted by Crippen LogP contribution is -2.42. The molecule has 0 aromatic carbocycles. The lowest BCUT2D eigenvalue weighted by Gasteiger charge is -2.22. The van der Waals surface area contributed by atoms with Gasteiger partial charge in [-0.05, 0) is 121 Å². The molecule has 0 aliphatic heterocycles. The summed E-state index contributed by atoms with van der Waals surface area (Å²) < 4.78 is 121. The summed E-state index contributed by atoms with van der Waals surface area (Å²) in [7, 11) is -9.11. The van der Waals surface area contributed by atoms with E-state index in [2.05, 4.69) is 35.1 Å². The smallest absolute Gasteiger partial charge is 0.327 e. The molecule has 3 N–H and O–H groups in total. The summed E-state index contributed by atoms with van der Waals surface area (Å²) in [5.74, 6) is -2.04. The first-order chi connectivity index (χ1) is 40.6. The Bertz CT molecular complexity index is 4040. The third kappa shape index (κ3) is 23.3. The Morgan fingerprint density at radius 1 is 0.483 bits per heavy atom. The first-order valence-corrected chi connectivity index (χ1v) is 35.9.